The number of ether oxygens (including phenoxy) is 1. The van der Waals surface area contributed by atoms with Crippen molar-refractivity contribution in [3.63, 3.8) is 0 Å². The molecule has 14 heavy (non-hydrogen) atoms. The number of furan rings is 1. The summed E-state index contributed by atoms with van der Waals surface area (Å²) in [5, 5.41) is 10.2. The van der Waals surface area contributed by atoms with Crippen LogP contribution in [0.2, 0.25) is 0 Å². The zero-order valence-corrected chi connectivity index (χ0v) is 7.13. The first-order valence-electron chi connectivity index (χ1n) is 3.67. The van der Waals surface area contributed by atoms with Gasteiger partial charge < -0.3 is 9.15 Å². The first kappa shape index (κ1) is 9.97. The molecule has 0 radical (unpaired) electrons. The lowest BCUT2D eigenvalue weighted by atomic mass is 10.4. The molecule has 1 heterocycles. The Labute approximate surface area is 78.9 Å². The van der Waals surface area contributed by atoms with E-state index in [1.807, 2.05) is 0 Å². The fourth-order valence-corrected chi connectivity index (χ4v) is 0.741. The minimum absolute atomic E-state index is 0.0351. The number of esters is 1. The lowest BCUT2D eigenvalue weighted by molar-refractivity contribution is -0.402. The SMILES string of the molecule is C=CCOC(=O)c1ccc([N+](=O)[O-])o1. The van der Waals surface area contributed by atoms with E-state index in [1.165, 1.54) is 12.1 Å². The highest BCUT2D eigenvalue weighted by atomic mass is 16.7. The topological polar surface area (TPSA) is 82.6 Å². The maximum absolute atomic E-state index is 11.1. The van der Waals surface area contributed by atoms with Gasteiger partial charge in [-0.05, 0) is 6.07 Å². The van der Waals surface area contributed by atoms with E-state index in [0.717, 1.165) is 6.07 Å². The number of carbonyl (C=O) groups is 1. The van der Waals surface area contributed by atoms with Crippen LogP contribution in [0.15, 0.2) is 29.2 Å². The fraction of sp³-hybridized carbons (Fsp3) is 0.125. The van der Waals surface area contributed by atoms with E-state index in [2.05, 4.69) is 15.7 Å². The third kappa shape index (κ3) is 2.19. The number of nitro groups is 1. The Morgan fingerprint density at radius 2 is 2.43 bits per heavy atom. The van der Waals surface area contributed by atoms with E-state index in [4.69, 9.17) is 0 Å². The van der Waals surface area contributed by atoms with Crippen LogP contribution < -0.4 is 0 Å². The Kier molecular flexibility index (Phi) is 3.01. The quantitative estimate of drug-likeness (QED) is 0.316. The van der Waals surface area contributed by atoms with Gasteiger partial charge in [0.2, 0.25) is 5.76 Å². The highest BCUT2D eigenvalue weighted by molar-refractivity contribution is 5.86. The van der Waals surface area contributed by atoms with E-state index in [1.54, 1.807) is 0 Å². The average molecular weight is 197 g/mol. The van der Waals surface area contributed by atoms with Gasteiger partial charge in [0, 0.05) is 0 Å². The monoisotopic (exact) mass is 197 g/mol. The van der Waals surface area contributed by atoms with E-state index in [-0.39, 0.29) is 12.4 Å². The van der Waals surface area contributed by atoms with Crippen molar-refractivity contribution < 1.29 is 18.9 Å². The van der Waals surface area contributed by atoms with Crippen molar-refractivity contribution in [2.24, 2.45) is 0 Å². The van der Waals surface area contributed by atoms with Crippen LogP contribution >= 0.6 is 0 Å². The van der Waals surface area contributed by atoms with Gasteiger partial charge in [0.15, 0.2) is 0 Å². The fourth-order valence-electron chi connectivity index (χ4n) is 0.741. The molecule has 0 saturated carbocycles. The summed E-state index contributed by atoms with van der Waals surface area (Å²) in [4.78, 5) is 20.5. The van der Waals surface area contributed by atoms with Crippen molar-refractivity contribution in [2.45, 2.75) is 0 Å². The molecule has 0 bridgehead atoms. The summed E-state index contributed by atoms with van der Waals surface area (Å²) in [5.41, 5.74) is 0. The van der Waals surface area contributed by atoms with Crippen LogP contribution in [0.1, 0.15) is 10.6 Å². The normalized spacial score (nSPS) is 9.43. The smallest absolute Gasteiger partial charge is 0.433 e. The Morgan fingerprint density at radius 1 is 1.71 bits per heavy atom. The number of nitrogens with zero attached hydrogens (tertiary/aromatic N) is 1. The van der Waals surface area contributed by atoms with E-state index < -0.39 is 16.8 Å². The molecule has 0 spiro atoms. The predicted molar refractivity (Wildman–Crippen MR) is 45.8 cm³/mol. The van der Waals surface area contributed by atoms with Gasteiger partial charge in [-0.1, -0.05) is 12.7 Å². The first-order chi connectivity index (χ1) is 6.65. The van der Waals surface area contributed by atoms with Gasteiger partial charge in [-0.3, -0.25) is 10.1 Å². The zero-order chi connectivity index (χ0) is 10.6. The Morgan fingerprint density at radius 3 is 2.93 bits per heavy atom. The van der Waals surface area contributed by atoms with Gasteiger partial charge in [-0.15, -0.1) is 0 Å². The summed E-state index contributed by atoms with van der Waals surface area (Å²) in [6.07, 6.45) is 1.38. The summed E-state index contributed by atoms with van der Waals surface area (Å²) in [6.45, 7) is 3.38. The van der Waals surface area contributed by atoms with Crippen LogP contribution in [0.3, 0.4) is 0 Å². The van der Waals surface area contributed by atoms with Crippen molar-refractivity contribution in [3.8, 4) is 0 Å². The van der Waals surface area contributed by atoms with Crippen molar-refractivity contribution in [3.05, 3.63) is 40.7 Å². The van der Waals surface area contributed by atoms with Crippen LogP contribution in [-0.4, -0.2) is 17.5 Å². The van der Waals surface area contributed by atoms with Crippen LogP contribution in [0, 0.1) is 10.1 Å². The molecule has 0 fully saturated rings. The molecule has 6 heteroatoms. The van der Waals surface area contributed by atoms with E-state index in [9.17, 15) is 14.9 Å². The molecule has 0 aliphatic rings. The summed E-state index contributed by atoms with van der Waals surface area (Å²) >= 11 is 0. The highest BCUT2D eigenvalue weighted by Gasteiger charge is 2.17. The van der Waals surface area contributed by atoms with Gasteiger partial charge in [0.25, 0.3) is 0 Å². The summed E-state index contributed by atoms with van der Waals surface area (Å²) in [5.74, 6) is -1.44. The zero-order valence-electron chi connectivity index (χ0n) is 7.13. The molecule has 74 valence electrons. The molecule has 0 unspecified atom stereocenters. The lowest BCUT2D eigenvalue weighted by Gasteiger charge is -1.95. The van der Waals surface area contributed by atoms with Gasteiger partial charge in [-0.2, -0.15) is 0 Å². The maximum atomic E-state index is 11.1. The molecule has 6 nitrogen and oxygen atoms in total. The first-order valence-corrected chi connectivity index (χ1v) is 3.67. The molecular formula is C8H7NO5. The van der Waals surface area contributed by atoms with Gasteiger partial charge in [0.05, 0.1) is 6.07 Å². The molecule has 1 aromatic heterocycles. The number of hydrogen-bond acceptors (Lipinski definition) is 5. The molecule has 1 rings (SSSR count). The van der Waals surface area contributed by atoms with Gasteiger partial charge >= 0.3 is 11.9 Å². The molecule has 0 aromatic carbocycles. The van der Waals surface area contributed by atoms with E-state index >= 15 is 0 Å². The second kappa shape index (κ2) is 4.22. The van der Waals surface area contributed by atoms with Gasteiger partial charge in [0.1, 0.15) is 11.5 Å². The third-order valence-electron chi connectivity index (χ3n) is 1.31. The van der Waals surface area contributed by atoms with Crippen LogP contribution in [0.25, 0.3) is 0 Å². The second-order valence-corrected chi connectivity index (χ2v) is 2.28. The molecule has 0 amide bonds. The predicted octanol–water partition coefficient (Wildman–Crippen LogP) is 1.53. The summed E-state index contributed by atoms with van der Waals surface area (Å²) < 4.78 is 9.19. The summed E-state index contributed by atoms with van der Waals surface area (Å²) in [7, 11) is 0. The lowest BCUT2D eigenvalue weighted by Crippen LogP contribution is -2.03. The van der Waals surface area contributed by atoms with Crippen LogP contribution in [-0.2, 0) is 4.74 Å². The molecule has 1 aromatic rings. The van der Waals surface area contributed by atoms with Gasteiger partial charge in [-0.25, -0.2) is 4.79 Å². The molecule has 0 saturated heterocycles. The number of rotatable bonds is 4. The van der Waals surface area contributed by atoms with Crippen molar-refractivity contribution in [2.75, 3.05) is 6.61 Å². The molecule has 0 N–H and O–H groups in total. The number of hydrogen-bond donors (Lipinski definition) is 0. The van der Waals surface area contributed by atoms with Crippen LogP contribution in [0.4, 0.5) is 5.88 Å². The second-order valence-electron chi connectivity index (χ2n) is 2.28. The number of carbonyl (C=O) groups excluding carboxylic acids is 1. The minimum atomic E-state index is -0.752. The van der Waals surface area contributed by atoms with Crippen molar-refractivity contribution in [1.29, 1.82) is 0 Å². The van der Waals surface area contributed by atoms with E-state index in [0.29, 0.717) is 0 Å². The average Bonchev–Trinajstić information content (AvgIpc) is 2.62. The van der Waals surface area contributed by atoms with Crippen molar-refractivity contribution >= 4 is 11.9 Å². The molecule has 0 atom stereocenters. The van der Waals surface area contributed by atoms with Crippen molar-refractivity contribution in [1.82, 2.24) is 0 Å². The Hall–Kier alpha value is -2.11. The molecule has 0 aliphatic carbocycles. The minimum Gasteiger partial charge on any atom is -0.456 e. The molecule has 0 aliphatic heterocycles. The Bertz CT molecular complexity index is 368. The summed E-state index contributed by atoms with van der Waals surface area (Å²) in [6, 6.07) is 2.27. The maximum Gasteiger partial charge on any atom is 0.433 e. The Balaban J connectivity index is 2.71. The highest BCUT2D eigenvalue weighted by Crippen LogP contribution is 2.16. The third-order valence-corrected chi connectivity index (χ3v) is 1.31. The standard InChI is InChI=1S/C8H7NO5/c1-2-5-13-8(10)6-3-4-7(14-6)9(11)12/h2-4H,1,5H2. The largest absolute Gasteiger partial charge is 0.456 e. The molecular weight excluding hydrogens is 190 g/mol. The van der Waals surface area contributed by atoms with Crippen LogP contribution in [0.5, 0.6) is 0 Å².